The Hall–Kier alpha value is -0.920. The van der Waals surface area contributed by atoms with Crippen LogP contribution in [0.5, 0.6) is 5.75 Å². The summed E-state index contributed by atoms with van der Waals surface area (Å²) in [5.41, 5.74) is 7.46. The number of unbranched alkanes of at least 4 members (excludes halogenated alkanes) is 1. The fourth-order valence-corrected chi connectivity index (χ4v) is 5.82. The van der Waals surface area contributed by atoms with Crippen molar-refractivity contribution in [2.75, 3.05) is 12.4 Å². The normalized spacial score (nSPS) is 13.6. The number of amides is 2. The van der Waals surface area contributed by atoms with E-state index in [4.69, 9.17) is 38.0 Å². The third kappa shape index (κ3) is 7.88. The van der Waals surface area contributed by atoms with Gasteiger partial charge in [0.25, 0.3) is 0 Å². The standard InChI is InChI=1S/C14H20Cl2N3O4PS/c1-3-5-6-25-24(21,22-4-2)23-13-11(15)7-10(8-12(13)16)9-18-19-14(17)20/h7-9H,3-6H2,1-2H3,(H3,17,19,20). The summed E-state index contributed by atoms with van der Waals surface area (Å²) >= 11 is 13.5. The maximum atomic E-state index is 12.8. The van der Waals surface area contributed by atoms with Gasteiger partial charge in [-0.25, -0.2) is 14.8 Å². The monoisotopic (exact) mass is 427 g/mol. The second-order valence-corrected chi connectivity index (χ2v) is 9.62. The van der Waals surface area contributed by atoms with E-state index in [1.165, 1.54) is 18.3 Å². The molecule has 0 saturated heterocycles. The van der Waals surface area contributed by atoms with Gasteiger partial charge in [0.15, 0.2) is 5.75 Å². The van der Waals surface area contributed by atoms with Crippen LogP contribution in [0.1, 0.15) is 32.3 Å². The summed E-state index contributed by atoms with van der Waals surface area (Å²) in [5.74, 6) is 0.705. The lowest BCUT2D eigenvalue weighted by Crippen LogP contribution is -2.24. The number of nitrogens with one attached hydrogen (secondary N) is 1. The fourth-order valence-electron chi connectivity index (χ4n) is 1.59. The van der Waals surface area contributed by atoms with E-state index in [-0.39, 0.29) is 22.4 Å². The molecule has 1 aromatic carbocycles. The molecule has 1 rings (SSSR count). The molecule has 0 spiro atoms. The van der Waals surface area contributed by atoms with Crippen LogP contribution >= 0.6 is 41.4 Å². The molecular formula is C14H20Cl2N3O4PS. The summed E-state index contributed by atoms with van der Waals surface area (Å²) in [5, 5.41) is 3.90. The van der Waals surface area contributed by atoms with E-state index in [1.807, 2.05) is 6.92 Å². The molecule has 2 amide bonds. The third-order valence-electron chi connectivity index (χ3n) is 2.65. The number of rotatable bonds is 10. The minimum Gasteiger partial charge on any atom is -0.414 e. The highest BCUT2D eigenvalue weighted by Crippen LogP contribution is 2.61. The first-order chi connectivity index (χ1) is 11.8. The fraction of sp³-hybridized carbons (Fsp3) is 0.429. The van der Waals surface area contributed by atoms with Crippen molar-refractivity contribution in [1.82, 2.24) is 5.43 Å². The van der Waals surface area contributed by atoms with E-state index in [0.717, 1.165) is 24.2 Å². The Balaban J connectivity index is 2.97. The van der Waals surface area contributed by atoms with E-state index >= 15 is 0 Å². The number of carbonyl (C=O) groups is 1. The lowest BCUT2D eigenvalue weighted by molar-refractivity contribution is 0.249. The zero-order chi connectivity index (χ0) is 18.9. The summed E-state index contributed by atoms with van der Waals surface area (Å²) in [4.78, 5) is 10.6. The molecule has 0 saturated carbocycles. The van der Waals surface area contributed by atoms with Crippen LogP contribution < -0.4 is 15.7 Å². The van der Waals surface area contributed by atoms with Gasteiger partial charge in [0.05, 0.1) is 22.9 Å². The Morgan fingerprint density at radius 2 is 2.04 bits per heavy atom. The number of urea groups is 1. The van der Waals surface area contributed by atoms with E-state index in [0.29, 0.717) is 11.3 Å². The number of nitrogens with two attached hydrogens (primary N) is 1. The van der Waals surface area contributed by atoms with Crippen LogP contribution in [0.15, 0.2) is 17.2 Å². The molecule has 1 aromatic rings. The zero-order valence-corrected chi connectivity index (χ0v) is 17.1. The molecular weight excluding hydrogens is 408 g/mol. The average Bonchev–Trinajstić information content (AvgIpc) is 2.51. The first kappa shape index (κ1) is 22.1. The van der Waals surface area contributed by atoms with Crippen LogP contribution in [0, 0.1) is 0 Å². The molecule has 1 atom stereocenters. The highest BCUT2D eigenvalue weighted by molar-refractivity contribution is 8.55. The lowest BCUT2D eigenvalue weighted by atomic mass is 10.2. The first-order valence-corrected chi connectivity index (χ1v) is 11.4. The average molecular weight is 428 g/mol. The van der Waals surface area contributed by atoms with Crippen molar-refractivity contribution in [2.24, 2.45) is 10.8 Å². The van der Waals surface area contributed by atoms with Crippen LogP contribution in [-0.4, -0.2) is 24.6 Å². The minimum atomic E-state index is -3.43. The Bertz CT molecular complexity index is 652. The number of nitrogens with zero attached hydrogens (tertiary/aromatic N) is 1. The number of hydrogen-bond acceptors (Lipinski definition) is 6. The molecule has 0 aliphatic carbocycles. The van der Waals surface area contributed by atoms with E-state index in [2.05, 4.69) is 10.5 Å². The van der Waals surface area contributed by atoms with Gasteiger partial charge in [0.2, 0.25) is 0 Å². The van der Waals surface area contributed by atoms with Gasteiger partial charge < -0.3 is 10.3 Å². The summed E-state index contributed by atoms with van der Waals surface area (Å²) in [7, 11) is 0. The van der Waals surface area contributed by atoms with Gasteiger partial charge >= 0.3 is 12.8 Å². The van der Waals surface area contributed by atoms with E-state index < -0.39 is 12.8 Å². The highest BCUT2D eigenvalue weighted by atomic mass is 35.5. The Morgan fingerprint density at radius 1 is 1.40 bits per heavy atom. The SMILES string of the molecule is CCCCSP(=O)(OCC)Oc1c(Cl)cc(C=NNC(N)=O)cc1Cl. The predicted molar refractivity (Wildman–Crippen MR) is 104 cm³/mol. The molecule has 140 valence electrons. The van der Waals surface area contributed by atoms with E-state index in [9.17, 15) is 9.36 Å². The summed E-state index contributed by atoms with van der Waals surface area (Å²) in [6.45, 7) is 0.561. The summed E-state index contributed by atoms with van der Waals surface area (Å²) in [6.07, 6.45) is 3.16. The van der Waals surface area contributed by atoms with Crippen molar-refractivity contribution in [3.63, 3.8) is 0 Å². The maximum absolute atomic E-state index is 12.8. The Morgan fingerprint density at radius 3 is 2.56 bits per heavy atom. The predicted octanol–water partition coefficient (Wildman–Crippen LogP) is 5.05. The molecule has 0 bridgehead atoms. The van der Waals surface area contributed by atoms with Crippen LogP contribution in [0.4, 0.5) is 4.79 Å². The lowest BCUT2D eigenvalue weighted by Gasteiger charge is -2.19. The van der Waals surface area contributed by atoms with Gasteiger partial charge in [0.1, 0.15) is 0 Å². The number of hydrogen-bond donors (Lipinski definition) is 2. The molecule has 0 radical (unpaired) electrons. The smallest absolute Gasteiger partial charge is 0.414 e. The molecule has 7 nitrogen and oxygen atoms in total. The number of carbonyl (C=O) groups excluding carboxylic acids is 1. The van der Waals surface area contributed by atoms with E-state index in [1.54, 1.807) is 6.92 Å². The van der Waals surface area contributed by atoms with Crippen molar-refractivity contribution in [3.05, 3.63) is 27.7 Å². The summed E-state index contributed by atoms with van der Waals surface area (Å²) in [6, 6.07) is 2.21. The molecule has 11 heteroatoms. The number of halogens is 2. The van der Waals surface area contributed by atoms with Crippen molar-refractivity contribution in [1.29, 1.82) is 0 Å². The third-order valence-corrected chi connectivity index (χ3v) is 7.01. The van der Waals surface area contributed by atoms with Gasteiger partial charge in [-0.2, -0.15) is 5.10 Å². The quantitative estimate of drug-likeness (QED) is 0.235. The van der Waals surface area contributed by atoms with Crippen LogP contribution in [0.25, 0.3) is 0 Å². The molecule has 0 aliphatic heterocycles. The molecule has 0 fully saturated rings. The molecule has 0 heterocycles. The molecule has 3 N–H and O–H groups in total. The highest BCUT2D eigenvalue weighted by Gasteiger charge is 2.29. The van der Waals surface area contributed by atoms with Crippen molar-refractivity contribution >= 4 is 53.6 Å². The number of primary amides is 1. The van der Waals surface area contributed by atoms with Gasteiger partial charge in [-0.1, -0.05) is 36.5 Å². The second kappa shape index (κ2) is 10.9. The Labute approximate surface area is 160 Å². The first-order valence-electron chi connectivity index (χ1n) is 7.47. The van der Waals surface area contributed by atoms with Gasteiger partial charge in [-0.15, -0.1) is 0 Å². The largest absolute Gasteiger partial charge is 0.440 e. The molecule has 1 unspecified atom stereocenters. The van der Waals surface area contributed by atoms with Crippen molar-refractivity contribution < 1.29 is 18.4 Å². The minimum absolute atomic E-state index is 0.0733. The van der Waals surface area contributed by atoms with Crippen LogP contribution in [0.3, 0.4) is 0 Å². The maximum Gasteiger partial charge on any atom is 0.440 e. The van der Waals surface area contributed by atoms with Crippen molar-refractivity contribution in [2.45, 2.75) is 26.7 Å². The zero-order valence-electron chi connectivity index (χ0n) is 13.8. The Kier molecular flexibility index (Phi) is 9.67. The number of benzene rings is 1. The van der Waals surface area contributed by atoms with Gasteiger partial charge in [-0.05, 0) is 42.4 Å². The second-order valence-electron chi connectivity index (χ2n) is 4.69. The van der Waals surface area contributed by atoms with Gasteiger partial charge in [-0.3, -0.25) is 4.52 Å². The molecule has 0 aliphatic rings. The van der Waals surface area contributed by atoms with Gasteiger partial charge in [0, 0.05) is 5.75 Å². The molecule has 0 aromatic heterocycles. The van der Waals surface area contributed by atoms with Crippen LogP contribution in [-0.2, 0) is 9.09 Å². The molecule has 25 heavy (non-hydrogen) atoms. The summed E-state index contributed by atoms with van der Waals surface area (Å²) < 4.78 is 23.7. The topological polar surface area (TPSA) is 103 Å². The number of hydrazone groups is 1. The van der Waals surface area contributed by atoms with Crippen molar-refractivity contribution in [3.8, 4) is 5.75 Å². The van der Waals surface area contributed by atoms with Crippen LogP contribution in [0.2, 0.25) is 10.0 Å².